The smallest absolute Gasteiger partial charge is 0.317 e. The minimum Gasteiger partial charge on any atom is -0.467 e. The van der Waals surface area contributed by atoms with Crippen LogP contribution in [-0.4, -0.2) is 71.4 Å². The fraction of sp³-hybridized carbons (Fsp3) is 0.700. The molecule has 0 saturated carbocycles. The standard InChI is InChI=1S/C20H32N4O3/c1-4-20(7-8-23(15-20)18(25)16(2)3)24-11-9-22(10-12-24)19(26)21-14-17-6-5-13-27-17/h5-6,13,16H,4,7-12,14-15H2,1-3H3,(H,21,26). The van der Waals surface area contributed by atoms with E-state index in [0.29, 0.717) is 19.6 Å². The Morgan fingerprint density at radius 1 is 1.19 bits per heavy atom. The Kier molecular flexibility index (Phi) is 6.09. The topological polar surface area (TPSA) is 69.0 Å². The molecule has 1 unspecified atom stereocenters. The molecule has 3 heterocycles. The fourth-order valence-electron chi connectivity index (χ4n) is 4.25. The number of likely N-dealkylation sites (tertiary alicyclic amines) is 1. The summed E-state index contributed by atoms with van der Waals surface area (Å²) in [7, 11) is 0. The van der Waals surface area contributed by atoms with Crippen molar-refractivity contribution in [2.24, 2.45) is 5.92 Å². The zero-order valence-corrected chi connectivity index (χ0v) is 16.7. The van der Waals surface area contributed by atoms with Crippen molar-refractivity contribution in [2.45, 2.75) is 45.7 Å². The van der Waals surface area contributed by atoms with Gasteiger partial charge in [0, 0.05) is 50.7 Å². The second kappa shape index (κ2) is 8.33. The molecule has 7 nitrogen and oxygen atoms in total. The molecule has 27 heavy (non-hydrogen) atoms. The molecule has 2 aliphatic heterocycles. The molecule has 2 aliphatic rings. The van der Waals surface area contributed by atoms with Crippen LogP contribution in [0.15, 0.2) is 22.8 Å². The molecule has 1 aromatic rings. The van der Waals surface area contributed by atoms with Gasteiger partial charge in [0.15, 0.2) is 0 Å². The van der Waals surface area contributed by atoms with E-state index < -0.39 is 0 Å². The summed E-state index contributed by atoms with van der Waals surface area (Å²) in [6, 6.07) is 3.63. The van der Waals surface area contributed by atoms with Gasteiger partial charge < -0.3 is 19.5 Å². The normalized spacial score (nSPS) is 23.9. The van der Waals surface area contributed by atoms with E-state index in [-0.39, 0.29) is 23.4 Å². The number of hydrogen-bond donors (Lipinski definition) is 1. The first-order valence-electron chi connectivity index (χ1n) is 10.0. The lowest BCUT2D eigenvalue weighted by Gasteiger charge is -2.45. The summed E-state index contributed by atoms with van der Waals surface area (Å²) in [6.07, 6.45) is 3.66. The van der Waals surface area contributed by atoms with Crippen LogP contribution in [0.4, 0.5) is 4.79 Å². The van der Waals surface area contributed by atoms with Crippen molar-refractivity contribution in [3.63, 3.8) is 0 Å². The zero-order chi connectivity index (χ0) is 19.4. The molecular formula is C20H32N4O3. The van der Waals surface area contributed by atoms with E-state index in [1.54, 1.807) is 6.26 Å². The molecule has 0 radical (unpaired) electrons. The van der Waals surface area contributed by atoms with Crippen molar-refractivity contribution in [3.05, 3.63) is 24.2 Å². The number of nitrogens with zero attached hydrogens (tertiary/aromatic N) is 3. The van der Waals surface area contributed by atoms with Crippen LogP contribution in [-0.2, 0) is 11.3 Å². The van der Waals surface area contributed by atoms with E-state index in [9.17, 15) is 9.59 Å². The lowest BCUT2D eigenvalue weighted by atomic mass is 9.92. The SMILES string of the molecule is CCC1(N2CCN(C(=O)NCc3ccco3)CC2)CCN(C(=O)C(C)C)C1. The van der Waals surface area contributed by atoms with Gasteiger partial charge in [-0.3, -0.25) is 9.69 Å². The van der Waals surface area contributed by atoms with E-state index in [4.69, 9.17) is 4.42 Å². The summed E-state index contributed by atoms with van der Waals surface area (Å²) in [5, 5.41) is 2.92. The average molecular weight is 377 g/mol. The third kappa shape index (κ3) is 4.29. The summed E-state index contributed by atoms with van der Waals surface area (Å²) in [5.74, 6) is 1.06. The predicted molar refractivity (Wildman–Crippen MR) is 103 cm³/mol. The molecule has 3 rings (SSSR count). The zero-order valence-electron chi connectivity index (χ0n) is 16.7. The third-order valence-electron chi connectivity index (χ3n) is 6.03. The van der Waals surface area contributed by atoms with Gasteiger partial charge in [-0.2, -0.15) is 0 Å². The molecular weight excluding hydrogens is 344 g/mol. The van der Waals surface area contributed by atoms with Gasteiger partial charge in [-0.05, 0) is 25.0 Å². The molecule has 2 saturated heterocycles. The Morgan fingerprint density at radius 3 is 2.52 bits per heavy atom. The molecule has 0 spiro atoms. The molecule has 3 amide bonds. The highest BCUT2D eigenvalue weighted by molar-refractivity contribution is 5.78. The number of carbonyl (C=O) groups is 2. The molecule has 150 valence electrons. The number of nitrogens with one attached hydrogen (secondary N) is 1. The van der Waals surface area contributed by atoms with Crippen LogP contribution in [0.2, 0.25) is 0 Å². The summed E-state index contributed by atoms with van der Waals surface area (Å²) in [4.78, 5) is 31.2. The first kappa shape index (κ1) is 19.7. The van der Waals surface area contributed by atoms with E-state index in [1.165, 1.54) is 0 Å². The van der Waals surface area contributed by atoms with Gasteiger partial charge >= 0.3 is 6.03 Å². The lowest BCUT2D eigenvalue weighted by molar-refractivity contribution is -0.134. The molecule has 0 aromatic carbocycles. The molecule has 0 bridgehead atoms. The fourth-order valence-corrected chi connectivity index (χ4v) is 4.25. The van der Waals surface area contributed by atoms with E-state index in [0.717, 1.165) is 44.8 Å². The average Bonchev–Trinajstić information content (AvgIpc) is 3.36. The molecule has 1 N–H and O–H groups in total. The van der Waals surface area contributed by atoms with E-state index in [2.05, 4.69) is 17.1 Å². The minimum absolute atomic E-state index is 0.0420. The number of carbonyl (C=O) groups excluding carboxylic acids is 2. The van der Waals surface area contributed by atoms with Crippen molar-refractivity contribution in [1.29, 1.82) is 0 Å². The molecule has 1 aromatic heterocycles. The predicted octanol–water partition coefficient (Wildman–Crippen LogP) is 2.14. The molecule has 2 fully saturated rings. The van der Waals surface area contributed by atoms with E-state index >= 15 is 0 Å². The number of furan rings is 1. The third-order valence-corrected chi connectivity index (χ3v) is 6.03. The van der Waals surface area contributed by atoms with Gasteiger partial charge in [0.1, 0.15) is 5.76 Å². The monoisotopic (exact) mass is 376 g/mol. The minimum atomic E-state index is -0.0420. The number of hydrogen-bond acceptors (Lipinski definition) is 4. The van der Waals surface area contributed by atoms with Gasteiger partial charge in [0.2, 0.25) is 5.91 Å². The number of amides is 3. The van der Waals surface area contributed by atoms with Gasteiger partial charge in [-0.25, -0.2) is 4.79 Å². The van der Waals surface area contributed by atoms with Crippen molar-refractivity contribution >= 4 is 11.9 Å². The molecule has 1 atom stereocenters. The van der Waals surface area contributed by atoms with Gasteiger partial charge in [-0.1, -0.05) is 20.8 Å². The van der Waals surface area contributed by atoms with Gasteiger partial charge in [0.25, 0.3) is 0 Å². The maximum absolute atomic E-state index is 12.4. The Morgan fingerprint density at radius 2 is 1.93 bits per heavy atom. The number of rotatable bonds is 5. The highest BCUT2D eigenvalue weighted by Crippen LogP contribution is 2.33. The summed E-state index contributed by atoms with van der Waals surface area (Å²) in [6.45, 7) is 11.3. The quantitative estimate of drug-likeness (QED) is 0.855. The van der Waals surface area contributed by atoms with Crippen LogP contribution in [0, 0.1) is 5.92 Å². The van der Waals surface area contributed by atoms with Crippen LogP contribution in [0.3, 0.4) is 0 Å². The van der Waals surface area contributed by atoms with Crippen LogP contribution < -0.4 is 5.32 Å². The van der Waals surface area contributed by atoms with Gasteiger partial charge in [0.05, 0.1) is 12.8 Å². The second-order valence-corrected chi connectivity index (χ2v) is 7.95. The summed E-state index contributed by atoms with van der Waals surface area (Å²) in [5.41, 5.74) is 0.0568. The van der Waals surface area contributed by atoms with E-state index in [1.807, 2.05) is 35.8 Å². The van der Waals surface area contributed by atoms with Crippen molar-refractivity contribution < 1.29 is 14.0 Å². The molecule has 7 heteroatoms. The Labute approximate surface area is 161 Å². The largest absolute Gasteiger partial charge is 0.467 e. The Bertz CT molecular complexity index is 638. The summed E-state index contributed by atoms with van der Waals surface area (Å²) >= 11 is 0. The highest BCUT2D eigenvalue weighted by atomic mass is 16.3. The highest BCUT2D eigenvalue weighted by Gasteiger charge is 2.44. The number of piperazine rings is 1. The Balaban J connectivity index is 1.51. The van der Waals surface area contributed by atoms with Crippen LogP contribution in [0.25, 0.3) is 0 Å². The summed E-state index contributed by atoms with van der Waals surface area (Å²) < 4.78 is 5.26. The number of urea groups is 1. The van der Waals surface area contributed by atoms with Crippen LogP contribution in [0.5, 0.6) is 0 Å². The molecule has 0 aliphatic carbocycles. The Hall–Kier alpha value is -2.02. The van der Waals surface area contributed by atoms with Crippen molar-refractivity contribution in [1.82, 2.24) is 20.0 Å². The maximum Gasteiger partial charge on any atom is 0.317 e. The van der Waals surface area contributed by atoms with Crippen molar-refractivity contribution in [2.75, 3.05) is 39.3 Å². The van der Waals surface area contributed by atoms with Crippen LogP contribution >= 0.6 is 0 Å². The maximum atomic E-state index is 12.4. The second-order valence-electron chi connectivity index (χ2n) is 7.95. The first-order valence-corrected chi connectivity index (χ1v) is 10.0. The van der Waals surface area contributed by atoms with Crippen molar-refractivity contribution in [3.8, 4) is 0 Å². The lowest BCUT2D eigenvalue weighted by Crippen LogP contribution is -2.60. The first-order chi connectivity index (χ1) is 12.9. The van der Waals surface area contributed by atoms with Crippen LogP contribution in [0.1, 0.15) is 39.4 Å². The van der Waals surface area contributed by atoms with Gasteiger partial charge in [-0.15, -0.1) is 0 Å².